The van der Waals surface area contributed by atoms with Gasteiger partial charge in [-0.3, -0.25) is 4.72 Å². The van der Waals surface area contributed by atoms with E-state index in [0.717, 1.165) is 0 Å². The lowest BCUT2D eigenvalue weighted by Gasteiger charge is -2.13. The summed E-state index contributed by atoms with van der Waals surface area (Å²) in [5.74, 6) is 0.328. The van der Waals surface area contributed by atoms with Crippen LogP contribution in [0.1, 0.15) is 5.56 Å². The quantitative estimate of drug-likeness (QED) is 0.863. The van der Waals surface area contributed by atoms with Crippen molar-refractivity contribution in [3.63, 3.8) is 0 Å². The Labute approximate surface area is 143 Å². The fraction of sp³-hybridized carbons (Fsp3) is 0.200. The molecule has 3 rings (SSSR count). The van der Waals surface area contributed by atoms with E-state index in [1.54, 1.807) is 30.3 Å². The topological polar surface area (TPSA) is 75.6 Å². The summed E-state index contributed by atoms with van der Waals surface area (Å²) in [5, 5.41) is 9.12. The van der Waals surface area contributed by atoms with Gasteiger partial charge in [0.05, 0.1) is 11.6 Å². The van der Waals surface area contributed by atoms with Crippen molar-refractivity contribution in [1.29, 1.82) is 0 Å². The largest absolute Gasteiger partial charge is 0.486 e. The number of hydrogen-bond donors (Lipinski definition) is 2. The van der Waals surface area contributed by atoms with Crippen LogP contribution in [-0.2, 0) is 16.4 Å². The third-order valence-electron chi connectivity index (χ3n) is 3.46. The number of halogens is 2. The number of fused-ring (bicyclic) bond motifs is 1. The highest BCUT2D eigenvalue weighted by Gasteiger charge is 2.31. The summed E-state index contributed by atoms with van der Waals surface area (Å²) in [4.78, 5) is -0.117. The number of benzene rings is 2. The van der Waals surface area contributed by atoms with Gasteiger partial charge in [-0.05, 0) is 18.2 Å². The number of anilines is 1. The zero-order valence-corrected chi connectivity index (χ0v) is 14.1. The molecule has 2 aromatic carbocycles. The van der Waals surface area contributed by atoms with Gasteiger partial charge in [-0.2, -0.15) is 0 Å². The van der Waals surface area contributed by atoms with E-state index in [9.17, 15) is 13.5 Å². The normalized spacial score (nSPS) is 16.7. The lowest BCUT2D eigenvalue weighted by Crippen LogP contribution is -2.17. The molecule has 2 N–H and O–H groups in total. The standard InChI is InChI=1S/C15H13Cl2NO4S/c16-13-12(23(20,21)18-10-4-2-1-3-5-10)7-9-6-11(8-19)22-15(9)14(13)17/h1-5,7,11,18-19H,6,8H2. The number of sulfonamides is 1. The maximum absolute atomic E-state index is 12.6. The van der Waals surface area contributed by atoms with E-state index in [-0.39, 0.29) is 21.5 Å². The van der Waals surface area contributed by atoms with Crippen LogP contribution in [0.3, 0.4) is 0 Å². The molecule has 0 aliphatic carbocycles. The maximum atomic E-state index is 12.6. The monoisotopic (exact) mass is 373 g/mol. The summed E-state index contributed by atoms with van der Waals surface area (Å²) in [6, 6.07) is 9.91. The summed E-state index contributed by atoms with van der Waals surface area (Å²) >= 11 is 12.3. The summed E-state index contributed by atoms with van der Waals surface area (Å²) in [6.45, 7) is -0.188. The van der Waals surface area contributed by atoms with Crippen molar-refractivity contribution >= 4 is 38.9 Å². The number of hydrogen-bond acceptors (Lipinski definition) is 4. The molecule has 0 radical (unpaired) electrons. The van der Waals surface area contributed by atoms with Gasteiger partial charge in [-0.15, -0.1) is 0 Å². The van der Waals surface area contributed by atoms with Crippen molar-refractivity contribution in [3.8, 4) is 5.75 Å². The van der Waals surface area contributed by atoms with Crippen molar-refractivity contribution in [2.45, 2.75) is 17.4 Å². The molecule has 0 saturated heterocycles. The minimum absolute atomic E-state index is 0.0357. The molecule has 8 heteroatoms. The lowest BCUT2D eigenvalue weighted by atomic mass is 10.1. The third kappa shape index (κ3) is 3.12. The fourth-order valence-corrected chi connectivity index (χ4v) is 4.34. The molecule has 1 atom stereocenters. The van der Waals surface area contributed by atoms with Crippen molar-refractivity contribution in [3.05, 3.63) is 52.0 Å². The molecule has 0 amide bonds. The Bertz CT molecular complexity index is 840. The van der Waals surface area contributed by atoms with Crippen LogP contribution in [0, 0.1) is 0 Å². The van der Waals surface area contributed by atoms with Crippen LogP contribution in [0.25, 0.3) is 0 Å². The van der Waals surface area contributed by atoms with E-state index in [1.165, 1.54) is 6.07 Å². The van der Waals surface area contributed by atoms with Gasteiger partial charge in [0.1, 0.15) is 21.8 Å². The van der Waals surface area contributed by atoms with Crippen LogP contribution in [0.5, 0.6) is 5.75 Å². The number of aliphatic hydroxyl groups excluding tert-OH is 1. The predicted molar refractivity (Wildman–Crippen MR) is 88.9 cm³/mol. The molecule has 1 aliphatic rings. The number of ether oxygens (including phenoxy) is 1. The first kappa shape index (κ1) is 16.4. The van der Waals surface area contributed by atoms with Gasteiger partial charge in [-0.1, -0.05) is 41.4 Å². The molecule has 5 nitrogen and oxygen atoms in total. The average molecular weight is 374 g/mol. The predicted octanol–water partition coefficient (Wildman–Crippen LogP) is 3.09. The molecule has 0 bridgehead atoms. The Morgan fingerprint density at radius 2 is 1.91 bits per heavy atom. The van der Waals surface area contributed by atoms with E-state index in [0.29, 0.717) is 23.4 Å². The second-order valence-electron chi connectivity index (χ2n) is 5.09. The van der Waals surface area contributed by atoms with Gasteiger partial charge in [0, 0.05) is 17.7 Å². The lowest BCUT2D eigenvalue weighted by molar-refractivity contribution is 0.134. The van der Waals surface area contributed by atoms with Crippen molar-refractivity contribution in [1.82, 2.24) is 0 Å². The molecule has 23 heavy (non-hydrogen) atoms. The van der Waals surface area contributed by atoms with Crippen molar-refractivity contribution < 1.29 is 18.3 Å². The average Bonchev–Trinajstić information content (AvgIpc) is 2.95. The molecular formula is C15H13Cl2NO4S. The van der Waals surface area contributed by atoms with Crippen LogP contribution in [0.4, 0.5) is 5.69 Å². The number of nitrogens with one attached hydrogen (secondary N) is 1. The number of para-hydroxylation sites is 1. The minimum atomic E-state index is -3.90. The van der Waals surface area contributed by atoms with Gasteiger partial charge in [0.15, 0.2) is 0 Å². The molecule has 1 unspecified atom stereocenters. The molecule has 122 valence electrons. The molecular weight excluding hydrogens is 361 g/mol. The van der Waals surface area contributed by atoms with Crippen LogP contribution in [-0.4, -0.2) is 26.2 Å². The second kappa shape index (κ2) is 6.20. The van der Waals surface area contributed by atoms with Crippen molar-refractivity contribution in [2.75, 3.05) is 11.3 Å². The molecule has 0 aromatic heterocycles. The molecule has 1 heterocycles. The van der Waals surface area contributed by atoms with Crippen LogP contribution in [0.2, 0.25) is 10.0 Å². The van der Waals surface area contributed by atoms with Gasteiger partial charge >= 0.3 is 0 Å². The van der Waals surface area contributed by atoms with E-state index in [2.05, 4.69) is 4.72 Å². The summed E-state index contributed by atoms with van der Waals surface area (Å²) in [7, 11) is -3.90. The van der Waals surface area contributed by atoms with Gasteiger partial charge < -0.3 is 9.84 Å². The zero-order valence-electron chi connectivity index (χ0n) is 11.8. The minimum Gasteiger partial charge on any atom is -0.486 e. The zero-order chi connectivity index (χ0) is 16.6. The first-order valence-electron chi connectivity index (χ1n) is 6.78. The highest BCUT2D eigenvalue weighted by Crippen LogP contribution is 2.44. The molecule has 0 saturated carbocycles. The van der Waals surface area contributed by atoms with Crippen LogP contribution >= 0.6 is 23.2 Å². The molecule has 1 aliphatic heterocycles. The highest BCUT2D eigenvalue weighted by atomic mass is 35.5. The Kier molecular flexibility index (Phi) is 4.42. The van der Waals surface area contributed by atoms with E-state index < -0.39 is 16.1 Å². The fourth-order valence-electron chi connectivity index (χ4n) is 2.38. The second-order valence-corrected chi connectivity index (χ2v) is 7.50. The number of rotatable bonds is 4. The Morgan fingerprint density at radius 1 is 1.22 bits per heavy atom. The highest BCUT2D eigenvalue weighted by molar-refractivity contribution is 7.92. The van der Waals surface area contributed by atoms with Crippen molar-refractivity contribution in [2.24, 2.45) is 0 Å². The summed E-state index contributed by atoms with van der Waals surface area (Å²) in [6.07, 6.45) is -0.0741. The van der Waals surface area contributed by atoms with E-state index in [1.807, 2.05) is 0 Å². The molecule has 2 aromatic rings. The Balaban J connectivity index is 2.02. The SMILES string of the molecule is O=S(=O)(Nc1ccccc1)c1cc2c(c(Cl)c1Cl)OC(CO)C2. The Morgan fingerprint density at radius 3 is 2.57 bits per heavy atom. The third-order valence-corrected chi connectivity index (χ3v) is 5.82. The Hall–Kier alpha value is -1.47. The molecule has 0 fully saturated rings. The summed E-state index contributed by atoms with van der Waals surface area (Å²) < 4.78 is 33.1. The van der Waals surface area contributed by atoms with Crippen LogP contribution < -0.4 is 9.46 Å². The first-order chi connectivity index (χ1) is 10.9. The number of aliphatic hydroxyl groups is 1. The molecule has 0 spiro atoms. The maximum Gasteiger partial charge on any atom is 0.263 e. The van der Waals surface area contributed by atoms with Gasteiger partial charge in [0.25, 0.3) is 10.0 Å². The van der Waals surface area contributed by atoms with E-state index in [4.69, 9.17) is 27.9 Å². The van der Waals surface area contributed by atoms with Gasteiger partial charge in [0.2, 0.25) is 0 Å². The van der Waals surface area contributed by atoms with E-state index >= 15 is 0 Å². The summed E-state index contributed by atoms with van der Waals surface area (Å²) in [5.41, 5.74) is 1.02. The smallest absolute Gasteiger partial charge is 0.263 e. The first-order valence-corrected chi connectivity index (χ1v) is 9.02. The van der Waals surface area contributed by atoms with Crippen LogP contribution in [0.15, 0.2) is 41.3 Å². The van der Waals surface area contributed by atoms with Gasteiger partial charge in [-0.25, -0.2) is 8.42 Å².